The van der Waals surface area contributed by atoms with Crippen molar-refractivity contribution in [1.29, 1.82) is 0 Å². The highest BCUT2D eigenvalue weighted by molar-refractivity contribution is 6.32. The highest BCUT2D eigenvalue weighted by Gasteiger charge is 2.38. The van der Waals surface area contributed by atoms with Crippen molar-refractivity contribution >= 4 is 29.4 Å². The smallest absolute Gasteiger partial charge is 0.308 e. The molecule has 140 valence electrons. The number of hydrogen-bond donors (Lipinski definition) is 3. The molecule has 0 radical (unpaired) electrons. The Balaban J connectivity index is 1.68. The number of carboxylic acids is 1. The minimum Gasteiger partial charge on any atom is -0.506 e. The van der Waals surface area contributed by atoms with Crippen LogP contribution in [0.5, 0.6) is 5.75 Å². The van der Waals surface area contributed by atoms with E-state index in [0.717, 1.165) is 12.8 Å². The highest BCUT2D eigenvalue weighted by atomic mass is 35.5. The Hall–Kier alpha value is -2.28. The average Bonchev–Trinajstić information content (AvgIpc) is 3.41. The summed E-state index contributed by atoms with van der Waals surface area (Å²) >= 11 is 5.86. The van der Waals surface area contributed by atoms with Crippen LogP contribution in [0.25, 0.3) is 0 Å². The lowest BCUT2D eigenvalue weighted by Crippen LogP contribution is -2.51. The summed E-state index contributed by atoms with van der Waals surface area (Å²) in [5, 5.41) is 21.9. The molecule has 1 aliphatic carbocycles. The van der Waals surface area contributed by atoms with Crippen LogP contribution in [0, 0.1) is 11.8 Å². The lowest BCUT2D eigenvalue weighted by atomic mass is 9.88. The molecule has 3 rings (SSSR count). The molecule has 3 N–H and O–H groups in total. The van der Waals surface area contributed by atoms with Gasteiger partial charge < -0.3 is 20.4 Å². The fourth-order valence-corrected chi connectivity index (χ4v) is 3.37. The number of hydrogen-bond acceptors (Lipinski definition) is 4. The molecule has 0 spiro atoms. The van der Waals surface area contributed by atoms with Gasteiger partial charge >= 0.3 is 5.97 Å². The molecule has 1 heterocycles. The van der Waals surface area contributed by atoms with Crippen LogP contribution in [-0.4, -0.2) is 52.0 Å². The molecule has 2 aliphatic rings. The van der Waals surface area contributed by atoms with Crippen LogP contribution in [0.3, 0.4) is 0 Å². The van der Waals surface area contributed by atoms with Crippen molar-refractivity contribution < 1.29 is 24.6 Å². The van der Waals surface area contributed by atoms with E-state index in [1.807, 2.05) is 0 Å². The molecule has 1 aromatic carbocycles. The zero-order valence-corrected chi connectivity index (χ0v) is 14.9. The zero-order valence-electron chi connectivity index (χ0n) is 14.2. The quantitative estimate of drug-likeness (QED) is 0.716. The first kappa shape index (κ1) is 18.5. The lowest BCUT2D eigenvalue weighted by Gasteiger charge is -2.35. The van der Waals surface area contributed by atoms with Crippen LogP contribution in [0.15, 0.2) is 18.2 Å². The third kappa shape index (κ3) is 4.46. The number of phenolic OH excluding ortho intramolecular Hbond substituents is 1. The largest absolute Gasteiger partial charge is 0.506 e. The van der Waals surface area contributed by atoms with Gasteiger partial charge in [0.1, 0.15) is 5.75 Å². The van der Waals surface area contributed by atoms with Crippen molar-refractivity contribution in [2.75, 3.05) is 13.1 Å². The molecule has 7 nitrogen and oxygen atoms in total. The first-order chi connectivity index (χ1) is 12.3. The minimum atomic E-state index is -1.00. The number of likely N-dealkylation sites (tertiary alicyclic amines) is 1. The van der Waals surface area contributed by atoms with Gasteiger partial charge in [0.25, 0.3) is 0 Å². The van der Waals surface area contributed by atoms with Crippen molar-refractivity contribution in [2.45, 2.75) is 31.7 Å². The Kier molecular flexibility index (Phi) is 5.36. The molecule has 0 unspecified atom stereocenters. The standard InChI is InChI=1S/C18H21ClN2O5/c19-14-5-10(1-4-15(14)22)6-16(23)21-8-11(7-12(9-21)18(25)26)17(24)20-13-2-3-13/h1,4-5,11-13,22H,2-3,6-9H2,(H,20,24)(H,25,26)/t11-,12+/m0/s1. The predicted octanol–water partition coefficient (Wildman–Crippen LogP) is 1.42. The topological polar surface area (TPSA) is 107 Å². The summed E-state index contributed by atoms with van der Waals surface area (Å²) < 4.78 is 0. The van der Waals surface area contributed by atoms with Gasteiger partial charge in [-0.05, 0) is 37.0 Å². The van der Waals surface area contributed by atoms with Crippen LogP contribution >= 0.6 is 11.6 Å². The summed E-state index contributed by atoms with van der Waals surface area (Å²) in [6.45, 7) is 0.306. The number of benzene rings is 1. The maximum atomic E-state index is 12.6. The number of nitrogens with one attached hydrogen (secondary N) is 1. The third-order valence-electron chi connectivity index (χ3n) is 4.81. The maximum absolute atomic E-state index is 12.6. The predicted molar refractivity (Wildman–Crippen MR) is 93.8 cm³/mol. The van der Waals surface area contributed by atoms with E-state index in [1.54, 1.807) is 6.07 Å². The van der Waals surface area contributed by atoms with E-state index >= 15 is 0 Å². The summed E-state index contributed by atoms with van der Waals surface area (Å²) in [4.78, 5) is 37.9. The van der Waals surface area contributed by atoms with Gasteiger partial charge in [-0.15, -0.1) is 0 Å². The number of phenols is 1. The number of carbonyl (C=O) groups is 3. The minimum absolute atomic E-state index is 0.0311. The Bertz CT molecular complexity index is 734. The van der Waals surface area contributed by atoms with Crippen molar-refractivity contribution in [3.63, 3.8) is 0 Å². The number of aromatic hydroxyl groups is 1. The van der Waals surface area contributed by atoms with E-state index in [0.29, 0.717) is 5.56 Å². The molecule has 1 aromatic rings. The number of rotatable bonds is 5. The summed E-state index contributed by atoms with van der Waals surface area (Å²) in [5.74, 6) is -2.78. The summed E-state index contributed by atoms with van der Waals surface area (Å²) in [6.07, 6.45) is 2.17. The Labute approximate surface area is 155 Å². The number of piperidine rings is 1. The third-order valence-corrected chi connectivity index (χ3v) is 5.12. The monoisotopic (exact) mass is 380 g/mol. The second kappa shape index (κ2) is 7.53. The van der Waals surface area contributed by atoms with E-state index < -0.39 is 17.8 Å². The molecule has 26 heavy (non-hydrogen) atoms. The number of carboxylic acid groups (broad SMARTS) is 1. The molecule has 1 saturated carbocycles. The summed E-state index contributed by atoms with van der Waals surface area (Å²) in [5.41, 5.74) is 0.620. The van der Waals surface area contributed by atoms with Crippen LogP contribution in [-0.2, 0) is 20.8 Å². The van der Waals surface area contributed by atoms with E-state index in [1.165, 1.54) is 17.0 Å². The number of halogens is 1. The molecule has 8 heteroatoms. The van der Waals surface area contributed by atoms with Gasteiger partial charge in [0, 0.05) is 19.1 Å². The van der Waals surface area contributed by atoms with Gasteiger partial charge in [-0.1, -0.05) is 17.7 Å². The fraction of sp³-hybridized carbons (Fsp3) is 0.500. The van der Waals surface area contributed by atoms with Gasteiger partial charge in [-0.3, -0.25) is 14.4 Å². The normalized spacial score (nSPS) is 22.7. The van der Waals surface area contributed by atoms with Crippen molar-refractivity contribution in [2.24, 2.45) is 11.8 Å². The molecule has 1 aliphatic heterocycles. The number of nitrogens with zero attached hydrogens (tertiary/aromatic N) is 1. The molecular weight excluding hydrogens is 360 g/mol. The van der Waals surface area contributed by atoms with E-state index in [9.17, 15) is 24.6 Å². The highest BCUT2D eigenvalue weighted by Crippen LogP contribution is 2.27. The fourth-order valence-electron chi connectivity index (χ4n) is 3.17. The van der Waals surface area contributed by atoms with Gasteiger partial charge in [-0.25, -0.2) is 0 Å². The maximum Gasteiger partial charge on any atom is 0.308 e. The molecule has 1 saturated heterocycles. The van der Waals surface area contributed by atoms with Gasteiger partial charge in [0.2, 0.25) is 11.8 Å². The SMILES string of the molecule is O=C(O)[C@@H]1C[C@H](C(=O)NC2CC2)CN(C(=O)Cc2ccc(O)c(Cl)c2)C1. The van der Waals surface area contributed by atoms with Gasteiger partial charge in [0.15, 0.2) is 0 Å². The van der Waals surface area contributed by atoms with Crippen molar-refractivity contribution in [3.05, 3.63) is 28.8 Å². The first-order valence-electron chi connectivity index (χ1n) is 8.62. The number of carbonyl (C=O) groups excluding carboxylic acids is 2. The van der Waals surface area contributed by atoms with Crippen LogP contribution in [0.1, 0.15) is 24.8 Å². The first-order valence-corrected chi connectivity index (χ1v) is 8.99. The average molecular weight is 381 g/mol. The summed E-state index contributed by atoms with van der Waals surface area (Å²) in [7, 11) is 0. The Morgan fingerprint density at radius 1 is 1.19 bits per heavy atom. The van der Waals surface area contributed by atoms with E-state index in [4.69, 9.17) is 11.6 Å². The van der Waals surface area contributed by atoms with Gasteiger partial charge in [-0.2, -0.15) is 0 Å². The second-order valence-electron chi connectivity index (χ2n) is 7.01. The second-order valence-corrected chi connectivity index (χ2v) is 7.42. The lowest BCUT2D eigenvalue weighted by molar-refractivity contribution is -0.148. The van der Waals surface area contributed by atoms with Crippen molar-refractivity contribution in [3.8, 4) is 5.75 Å². The number of amides is 2. The molecule has 0 bridgehead atoms. The molecular formula is C18H21ClN2O5. The summed E-state index contributed by atoms with van der Waals surface area (Å²) in [6, 6.07) is 4.70. The zero-order chi connectivity index (χ0) is 18.8. The molecule has 2 fully saturated rings. The molecule has 2 atom stereocenters. The molecule has 2 amide bonds. The van der Waals surface area contributed by atoms with Crippen LogP contribution in [0.4, 0.5) is 0 Å². The van der Waals surface area contributed by atoms with Gasteiger partial charge in [0.05, 0.1) is 23.3 Å². The molecule has 0 aromatic heterocycles. The van der Waals surface area contributed by atoms with Crippen molar-refractivity contribution in [1.82, 2.24) is 10.2 Å². The number of aliphatic carboxylic acids is 1. The Morgan fingerprint density at radius 2 is 1.88 bits per heavy atom. The van der Waals surface area contributed by atoms with Crippen LogP contribution < -0.4 is 5.32 Å². The van der Waals surface area contributed by atoms with E-state index in [-0.39, 0.29) is 54.6 Å². The van der Waals surface area contributed by atoms with Crippen LogP contribution in [0.2, 0.25) is 5.02 Å². The Morgan fingerprint density at radius 3 is 2.50 bits per heavy atom. The van der Waals surface area contributed by atoms with E-state index in [2.05, 4.69) is 5.32 Å².